The molecular formula is C10H16O2. The molecule has 0 N–H and O–H groups in total. The van der Waals surface area contributed by atoms with Gasteiger partial charge in [0.1, 0.15) is 0 Å². The Bertz CT molecular complexity index is 200. The molecule has 1 saturated heterocycles. The van der Waals surface area contributed by atoms with E-state index in [9.17, 15) is 4.79 Å². The molecule has 0 bridgehead atoms. The number of ether oxygens (including phenoxy) is 1. The van der Waals surface area contributed by atoms with Gasteiger partial charge in [-0.2, -0.15) is 0 Å². The van der Waals surface area contributed by atoms with Gasteiger partial charge in [-0.25, -0.2) is 0 Å². The zero-order valence-electron chi connectivity index (χ0n) is 7.75. The second-order valence-electron chi connectivity index (χ2n) is 4.35. The van der Waals surface area contributed by atoms with Crippen LogP contribution in [0.2, 0.25) is 0 Å². The van der Waals surface area contributed by atoms with Crippen LogP contribution >= 0.6 is 0 Å². The molecule has 2 unspecified atom stereocenters. The topological polar surface area (TPSA) is 26.3 Å². The summed E-state index contributed by atoms with van der Waals surface area (Å²) in [5, 5.41) is 0. The molecule has 4 atom stereocenters. The van der Waals surface area contributed by atoms with Crippen LogP contribution in [-0.2, 0) is 9.53 Å². The minimum absolute atomic E-state index is 0.0584. The van der Waals surface area contributed by atoms with Crippen LogP contribution in [0, 0.1) is 23.7 Å². The number of carbonyl (C=O) groups is 1. The highest BCUT2D eigenvalue weighted by Crippen LogP contribution is 2.44. The van der Waals surface area contributed by atoms with Crippen LogP contribution in [0.25, 0.3) is 0 Å². The predicted molar refractivity (Wildman–Crippen MR) is 45.5 cm³/mol. The lowest BCUT2D eigenvalue weighted by molar-refractivity contribution is -0.160. The summed E-state index contributed by atoms with van der Waals surface area (Å²) in [5.74, 6) is 2.01. The van der Waals surface area contributed by atoms with E-state index >= 15 is 0 Å². The molecule has 2 rings (SSSR count). The first-order chi connectivity index (χ1) is 5.70. The molecule has 2 fully saturated rings. The zero-order chi connectivity index (χ0) is 8.72. The normalized spacial score (nSPS) is 47.0. The van der Waals surface area contributed by atoms with Crippen LogP contribution in [0.15, 0.2) is 0 Å². The molecule has 0 aromatic carbocycles. The Morgan fingerprint density at radius 3 is 2.67 bits per heavy atom. The second kappa shape index (κ2) is 2.75. The van der Waals surface area contributed by atoms with Crippen molar-refractivity contribution in [2.75, 3.05) is 6.61 Å². The van der Waals surface area contributed by atoms with E-state index in [0.29, 0.717) is 24.4 Å². The molecule has 1 heterocycles. The number of hydrogen-bond acceptors (Lipinski definition) is 2. The Balaban J connectivity index is 2.18. The van der Waals surface area contributed by atoms with Crippen molar-refractivity contribution in [1.29, 1.82) is 0 Å². The molecule has 68 valence electrons. The third-order valence-electron chi connectivity index (χ3n) is 3.52. The third kappa shape index (κ3) is 1.05. The Morgan fingerprint density at radius 2 is 2.00 bits per heavy atom. The van der Waals surface area contributed by atoms with Gasteiger partial charge >= 0.3 is 5.97 Å². The van der Waals surface area contributed by atoms with E-state index in [1.54, 1.807) is 0 Å². The van der Waals surface area contributed by atoms with Crippen LogP contribution in [0.5, 0.6) is 0 Å². The number of carbonyl (C=O) groups excluding carboxylic acids is 1. The highest BCUT2D eigenvalue weighted by molar-refractivity contribution is 5.74. The van der Waals surface area contributed by atoms with Crippen LogP contribution in [0.1, 0.15) is 26.7 Å². The summed E-state index contributed by atoms with van der Waals surface area (Å²) in [6, 6.07) is 0. The number of fused-ring (bicyclic) bond motifs is 1. The summed E-state index contributed by atoms with van der Waals surface area (Å²) >= 11 is 0. The molecule has 0 radical (unpaired) electrons. The first kappa shape index (κ1) is 8.09. The van der Waals surface area contributed by atoms with Crippen molar-refractivity contribution in [3.05, 3.63) is 0 Å². The van der Waals surface area contributed by atoms with Gasteiger partial charge in [0.25, 0.3) is 0 Å². The highest BCUT2D eigenvalue weighted by Gasteiger charge is 2.45. The molecule has 12 heavy (non-hydrogen) atoms. The van der Waals surface area contributed by atoms with Gasteiger partial charge in [0.2, 0.25) is 0 Å². The second-order valence-corrected chi connectivity index (χ2v) is 4.35. The molecular weight excluding hydrogens is 152 g/mol. The van der Waals surface area contributed by atoms with Crippen molar-refractivity contribution < 1.29 is 9.53 Å². The quantitative estimate of drug-likeness (QED) is 0.516. The average molecular weight is 168 g/mol. The third-order valence-corrected chi connectivity index (χ3v) is 3.52. The molecule has 0 aromatic rings. The largest absolute Gasteiger partial charge is 0.465 e. The van der Waals surface area contributed by atoms with Crippen LogP contribution in [-0.4, -0.2) is 12.6 Å². The lowest BCUT2D eigenvalue weighted by Crippen LogP contribution is -2.37. The smallest absolute Gasteiger partial charge is 0.309 e. The number of hydrogen-bond donors (Lipinski definition) is 0. The maximum absolute atomic E-state index is 11.4. The van der Waals surface area contributed by atoms with Gasteiger partial charge in [-0.3, -0.25) is 4.79 Å². The fourth-order valence-electron chi connectivity index (χ4n) is 2.72. The first-order valence-corrected chi connectivity index (χ1v) is 4.87. The lowest BCUT2D eigenvalue weighted by Gasteiger charge is -2.31. The average Bonchev–Trinajstić information content (AvgIpc) is 2.42. The number of rotatable bonds is 0. The van der Waals surface area contributed by atoms with E-state index in [1.807, 2.05) is 0 Å². The Labute approximate surface area is 73.3 Å². The van der Waals surface area contributed by atoms with Gasteiger partial charge in [-0.1, -0.05) is 13.8 Å². The molecule has 0 aromatic heterocycles. The van der Waals surface area contributed by atoms with Crippen molar-refractivity contribution in [2.45, 2.75) is 26.7 Å². The van der Waals surface area contributed by atoms with Crippen molar-refractivity contribution in [3.63, 3.8) is 0 Å². The molecule has 2 nitrogen and oxygen atoms in total. The standard InChI is InChI=1S/C10H16O2/c1-6-3-4-8-7(2)5-12-10(11)9(6)8/h6-9H,3-5H2,1-2H3/t6?,7?,8-,9-/m1/s1. The van der Waals surface area contributed by atoms with Gasteiger partial charge in [0, 0.05) is 0 Å². The molecule has 2 heteroatoms. The monoisotopic (exact) mass is 168 g/mol. The summed E-state index contributed by atoms with van der Waals surface area (Å²) in [6.45, 7) is 5.01. The Kier molecular flexibility index (Phi) is 1.85. The minimum atomic E-state index is 0.0584. The SMILES string of the molecule is CC1COC(=O)[C@@H]2C(C)CC[C@H]12. The molecule has 1 aliphatic carbocycles. The Morgan fingerprint density at radius 1 is 1.25 bits per heavy atom. The summed E-state index contributed by atoms with van der Waals surface area (Å²) in [5.41, 5.74) is 0. The summed E-state index contributed by atoms with van der Waals surface area (Å²) in [4.78, 5) is 11.4. The van der Waals surface area contributed by atoms with Crippen molar-refractivity contribution >= 4 is 5.97 Å². The van der Waals surface area contributed by atoms with E-state index in [4.69, 9.17) is 4.74 Å². The highest BCUT2D eigenvalue weighted by atomic mass is 16.5. The van der Waals surface area contributed by atoms with Crippen molar-refractivity contribution in [1.82, 2.24) is 0 Å². The molecule has 0 amide bonds. The van der Waals surface area contributed by atoms with E-state index in [2.05, 4.69) is 13.8 Å². The van der Waals surface area contributed by atoms with Crippen LogP contribution in [0.4, 0.5) is 0 Å². The summed E-state index contributed by atoms with van der Waals surface area (Å²) in [7, 11) is 0. The number of cyclic esters (lactones) is 1. The number of esters is 1. The maximum Gasteiger partial charge on any atom is 0.309 e. The predicted octanol–water partition coefficient (Wildman–Crippen LogP) is 1.84. The van der Waals surface area contributed by atoms with Crippen molar-refractivity contribution in [2.24, 2.45) is 23.7 Å². The van der Waals surface area contributed by atoms with E-state index in [0.717, 1.165) is 0 Å². The van der Waals surface area contributed by atoms with Gasteiger partial charge in [0.15, 0.2) is 0 Å². The van der Waals surface area contributed by atoms with E-state index in [-0.39, 0.29) is 11.9 Å². The zero-order valence-corrected chi connectivity index (χ0v) is 7.75. The van der Waals surface area contributed by atoms with E-state index in [1.165, 1.54) is 12.8 Å². The summed E-state index contributed by atoms with van der Waals surface area (Å²) < 4.78 is 5.14. The Hall–Kier alpha value is -0.530. The maximum atomic E-state index is 11.4. The van der Waals surface area contributed by atoms with Gasteiger partial charge in [-0.15, -0.1) is 0 Å². The fraction of sp³-hybridized carbons (Fsp3) is 0.900. The summed E-state index contributed by atoms with van der Waals surface area (Å²) in [6.07, 6.45) is 2.43. The van der Waals surface area contributed by atoms with Crippen molar-refractivity contribution in [3.8, 4) is 0 Å². The molecule has 1 aliphatic heterocycles. The minimum Gasteiger partial charge on any atom is -0.465 e. The fourth-order valence-corrected chi connectivity index (χ4v) is 2.72. The molecule has 1 saturated carbocycles. The van der Waals surface area contributed by atoms with Crippen LogP contribution < -0.4 is 0 Å². The van der Waals surface area contributed by atoms with Gasteiger partial charge in [-0.05, 0) is 30.6 Å². The molecule has 0 spiro atoms. The van der Waals surface area contributed by atoms with Gasteiger partial charge in [0.05, 0.1) is 12.5 Å². The van der Waals surface area contributed by atoms with E-state index < -0.39 is 0 Å². The first-order valence-electron chi connectivity index (χ1n) is 4.87. The van der Waals surface area contributed by atoms with Crippen LogP contribution in [0.3, 0.4) is 0 Å². The molecule has 2 aliphatic rings. The van der Waals surface area contributed by atoms with Gasteiger partial charge < -0.3 is 4.74 Å². The lowest BCUT2D eigenvalue weighted by atomic mass is 9.81.